The number of rotatable bonds is 6. The Labute approximate surface area is 147 Å². The smallest absolute Gasteiger partial charge is 0.255 e. The van der Waals surface area contributed by atoms with Gasteiger partial charge in [-0.3, -0.25) is 4.79 Å². The van der Waals surface area contributed by atoms with Gasteiger partial charge in [-0.05, 0) is 30.9 Å². The molecule has 1 N–H and O–H groups in total. The van der Waals surface area contributed by atoms with Crippen LogP contribution >= 0.6 is 0 Å². The quantitative estimate of drug-likeness (QED) is 0.855. The predicted octanol–water partition coefficient (Wildman–Crippen LogP) is 1.26. The third kappa shape index (κ3) is 4.36. The Hall–Kier alpha value is -2.41. The summed E-state index contributed by atoms with van der Waals surface area (Å²) in [6.45, 7) is 3.05. The largest absolute Gasteiger partial charge is 0.395 e. The van der Waals surface area contributed by atoms with Gasteiger partial charge in [0.1, 0.15) is 5.82 Å². The van der Waals surface area contributed by atoms with Crippen molar-refractivity contribution in [3.05, 3.63) is 42.6 Å². The van der Waals surface area contributed by atoms with Crippen LogP contribution in [0.25, 0.3) is 0 Å². The second-order valence-corrected chi connectivity index (χ2v) is 6.57. The van der Waals surface area contributed by atoms with Gasteiger partial charge in [0.05, 0.1) is 18.5 Å². The fourth-order valence-corrected chi connectivity index (χ4v) is 3.28. The van der Waals surface area contributed by atoms with Gasteiger partial charge in [0.25, 0.3) is 5.91 Å². The molecule has 7 nitrogen and oxygen atoms in total. The summed E-state index contributed by atoms with van der Waals surface area (Å²) in [6, 6.07) is 3.65. The molecule has 2 aromatic rings. The van der Waals surface area contributed by atoms with Crippen molar-refractivity contribution in [2.75, 3.05) is 38.2 Å². The molecule has 0 aliphatic carbocycles. The Bertz CT molecular complexity index is 671. The van der Waals surface area contributed by atoms with Crippen LogP contribution in [-0.4, -0.2) is 63.7 Å². The van der Waals surface area contributed by atoms with Crippen molar-refractivity contribution in [1.29, 1.82) is 0 Å². The molecule has 0 spiro atoms. The average molecular weight is 343 g/mol. The zero-order valence-electron chi connectivity index (χ0n) is 14.6. The molecule has 3 rings (SSSR count). The summed E-state index contributed by atoms with van der Waals surface area (Å²) in [5.74, 6) is 1.25. The van der Waals surface area contributed by atoms with Gasteiger partial charge in [0.2, 0.25) is 0 Å². The molecule has 0 bridgehead atoms. The van der Waals surface area contributed by atoms with Crippen LogP contribution < -0.4 is 4.90 Å². The zero-order valence-corrected chi connectivity index (χ0v) is 14.6. The van der Waals surface area contributed by atoms with Crippen molar-refractivity contribution in [2.24, 2.45) is 5.92 Å². The number of imidazole rings is 1. The van der Waals surface area contributed by atoms with E-state index in [4.69, 9.17) is 5.11 Å². The van der Waals surface area contributed by atoms with E-state index in [-0.39, 0.29) is 12.5 Å². The Morgan fingerprint density at radius 1 is 1.44 bits per heavy atom. The topological polar surface area (TPSA) is 74.5 Å². The minimum Gasteiger partial charge on any atom is -0.395 e. The Morgan fingerprint density at radius 2 is 2.32 bits per heavy atom. The summed E-state index contributed by atoms with van der Waals surface area (Å²) in [7, 11) is 1.87. The standard InChI is InChI=1S/C18H25N5O2/c1-21(9-10-24)17-5-4-16(11-20-17)18(25)23-7-2-3-15(13-23)12-22-8-6-19-14-22/h4-6,8,11,14-15,24H,2-3,7,9-10,12-13H2,1H3/t15-/m0/s1. The molecule has 0 unspecified atom stereocenters. The molecule has 1 saturated heterocycles. The molecular formula is C18H25N5O2. The SMILES string of the molecule is CN(CCO)c1ccc(C(=O)N2CCC[C@@H](Cn3ccnc3)C2)cn1. The molecule has 1 atom stereocenters. The van der Waals surface area contributed by atoms with Crippen LogP contribution in [0.1, 0.15) is 23.2 Å². The maximum absolute atomic E-state index is 12.8. The van der Waals surface area contributed by atoms with E-state index >= 15 is 0 Å². The van der Waals surface area contributed by atoms with Crippen LogP contribution in [0.2, 0.25) is 0 Å². The molecule has 3 heterocycles. The van der Waals surface area contributed by atoms with Gasteiger partial charge in [-0.2, -0.15) is 0 Å². The molecule has 134 valence electrons. The van der Waals surface area contributed by atoms with E-state index < -0.39 is 0 Å². The van der Waals surface area contributed by atoms with Crippen molar-refractivity contribution in [2.45, 2.75) is 19.4 Å². The summed E-state index contributed by atoms with van der Waals surface area (Å²) >= 11 is 0. The number of carbonyl (C=O) groups is 1. The molecule has 0 saturated carbocycles. The van der Waals surface area contributed by atoms with Crippen molar-refractivity contribution in [3.8, 4) is 0 Å². The highest BCUT2D eigenvalue weighted by molar-refractivity contribution is 5.94. The minimum absolute atomic E-state index is 0.0409. The zero-order chi connectivity index (χ0) is 17.6. The van der Waals surface area contributed by atoms with Crippen molar-refractivity contribution >= 4 is 11.7 Å². The van der Waals surface area contributed by atoms with Crippen LogP contribution in [0.5, 0.6) is 0 Å². The van der Waals surface area contributed by atoms with E-state index in [1.54, 1.807) is 12.4 Å². The first-order valence-electron chi connectivity index (χ1n) is 8.70. The number of likely N-dealkylation sites (N-methyl/N-ethyl adjacent to an activating group) is 1. The highest BCUT2D eigenvalue weighted by atomic mass is 16.3. The van der Waals surface area contributed by atoms with Crippen molar-refractivity contribution in [3.63, 3.8) is 0 Å². The highest BCUT2D eigenvalue weighted by Gasteiger charge is 2.25. The Kier molecular flexibility index (Phi) is 5.65. The molecule has 1 aliphatic rings. The van der Waals surface area contributed by atoms with E-state index in [2.05, 4.69) is 14.5 Å². The molecule has 0 aromatic carbocycles. The Balaban J connectivity index is 1.61. The molecule has 1 amide bonds. The second kappa shape index (κ2) is 8.11. The van der Waals surface area contributed by atoms with E-state index in [1.165, 1.54) is 0 Å². The van der Waals surface area contributed by atoms with E-state index in [0.717, 1.165) is 38.3 Å². The molecule has 25 heavy (non-hydrogen) atoms. The summed E-state index contributed by atoms with van der Waals surface area (Å²) in [4.78, 5) is 25.0. The van der Waals surface area contributed by atoms with Crippen LogP contribution in [0, 0.1) is 5.92 Å². The molecule has 2 aromatic heterocycles. The van der Waals surface area contributed by atoms with Crippen LogP contribution in [0.3, 0.4) is 0 Å². The number of carbonyl (C=O) groups excluding carboxylic acids is 1. The summed E-state index contributed by atoms with van der Waals surface area (Å²) in [6.07, 6.45) is 9.36. The molecular weight excluding hydrogens is 318 g/mol. The maximum Gasteiger partial charge on any atom is 0.255 e. The van der Waals surface area contributed by atoms with Crippen molar-refractivity contribution < 1.29 is 9.90 Å². The number of piperidine rings is 1. The highest BCUT2D eigenvalue weighted by Crippen LogP contribution is 2.20. The number of anilines is 1. The number of amides is 1. The lowest BCUT2D eigenvalue weighted by Gasteiger charge is -2.33. The van der Waals surface area contributed by atoms with Gasteiger partial charge in [-0.1, -0.05) is 0 Å². The summed E-state index contributed by atoms with van der Waals surface area (Å²) in [5.41, 5.74) is 0.615. The van der Waals surface area contributed by atoms with E-state index in [1.807, 2.05) is 41.5 Å². The molecule has 1 fully saturated rings. The first kappa shape index (κ1) is 17.4. The normalized spacial score (nSPS) is 17.5. The fourth-order valence-electron chi connectivity index (χ4n) is 3.28. The predicted molar refractivity (Wildman–Crippen MR) is 95.4 cm³/mol. The number of hydrogen-bond donors (Lipinski definition) is 1. The van der Waals surface area contributed by atoms with Crippen LogP contribution in [0.15, 0.2) is 37.1 Å². The van der Waals surface area contributed by atoms with E-state index in [0.29, 0.717) is 18.0 Å². The monoisotopic (exact) mass is 343 g/mol. The van der Waals surface area contributed by atoms with Gasteiger partial charge in [-0.15, -0.1) is 0 Å². The number of aliphatic hydroxyl groups is 1. The number of aliphatic hydroxyl groups excluding tert-OH is 1. The first-order valence-corrected chi connectivity index (χ1v) is 8.70. The number of pyridine rings is 1. The van der Waals surface area contributed by atoms with Gasteiger partial charge in [-0.25, -0.2) is 9.97 Å². The Morgan fingerprint density at radius 3 is 3.00 bits per heavy atom. The number of nitrogens with zero attached hydrogens (tertiary/aromatic N) is 5. The molecule has 7 heteroatoms. The minimum atomic E-state index is 0.0409. The molecule has 0 radical (unpaired) electrons. The fraction of sp³-hybridized carbons (Fsp3) is 0.500. The van der Waals surface area contributed by atoms with Gasteiger partial charge < -0.3 is 19.5 Å². The molecule has 1 aliphatic heterocycles. The van der Waals surface area contributed by atoms with Crippen molar-refractivity contribution in [1.82, 2.24) is 19.4 Å². The van der Waals surface area contributed by atoms with E-state index in [9.17, 15) is 4.79 Å². The number of aromatic nitrogens is 3. The lowest BCUT2D eigenvalue weighted by atomic mass is 9.97. The maximum atomic E-state index is 12.8. The second-order valence-electron chi connectivity index (χ2n) is 6.57. The lowest BCUT2D eigenvalue weighted by Crippen LogP contribution is -2.41. The third-order valence-corrected chi connectivity index (χ3v) is 4.66. The van der Waals surface area contributed by atoms with Gasteiger partial charge in [0.15, 0.2) is 0 Å². The summed E-state index contributed by atoms with van der Waals surface area (Å²) in [5, 5.41) is 8.99. The van der Waals surface area contributed by atoms with Gasteiger partial charge >= 0.3 is 0 Å². The van der Waals surface area contributed by atoms with Gasteiger partial charge in [0, 0.05) is 51.8 Å². The lowest BCUT2D eigenvalue weighted by molar-refractivity contribution is 0.0662. The number of likely N-dealkylation sites (tertiary alicyclic amines) is 1. The average Bonchev–Trinajstić information content (AvgIpc) is 3.15. The third-order valence-electron chi connectivity index (χ3n) is 4.66. The first-order chi connectivity index (χ1) is 12.2. The number of hydrogen-bond acceptors (Lipinski definition) is 5. The van der Waals surface area contributed by atoms with Crippen LogP contribution in [-0.2, 0) is 6.54 Å². The summed E-state index contributed by atoms with van der Waals surface area (Å²) < 4.78 is 2.08. The van der Waals surface area contributed by atoms with Crippen LogP contribution in [0.4, 0.5) is 5.82 Å².